The standard InChI is InChI=1S/C14H24N2O2/c17-13(18)11-14(16-8-3-4-9-16)6-10-15-7-2-1-5-12(14)15/h12H,1-11H2,(H,17,18). The second-order valence-electron chi connectivity index (χ2n) is 6.17. The number of rotatable bonds is 3. The third kappa shape index (κ3) is 1.95. The van der Waals surface area contributed by atoms with Gasteiger partial charge in [-0.2, -0.15) is 0 Å². The van der Waals surface area contributed by atoms with Crippen molar-refractivity contribution in [1.29, 1.82) is 0 Å². The summed E-state index contributed by atoms with van der Waals surface area (Å²) in [7, 11) is 0. The number of hydrogen-bond acceptors (Lipinski definition) is 3. The molecule has 0 amide bonds. The van der Waals surface area contributed by atoms with Gasteiger partial charge in [-0.15, -0.1) is 0 Å². The van der Waals surface area contributed by atoms with Crippen LogP contribution in [0, 0.1) is 0 Å². The summed E-state index contributed by atoms with van der Waals surface area (Å²) in [4.78, 5) is 16.4. The molecule has 3 rings (SSSR count). The molecule has 1 N–H and O–H groups in total. The number of piperidine rings is 1. The van der Waals surface area contributed by atoms with E-state index in [1.807, 2.05) is 0 Å². The highest BCUT2D eigenvalue weighted by Crippen LogP contribution is 2.43. The monoisotopic (exact) mass is 252 g/mol. The quantitative estimate of drug-likeness (QED) is 0.828. The first-order valence-electron chi connectivity index (χ1n) is 7.43. The van der Waals surface area contributed by atoms with Gasteiger partial charge in [0.05, 0.1) is 6.42 Å². The van der Waals surface area contributed by atoms with Gasteiger partial charge >= 0.3 is 5.97 Å². The average molecular weight is 252 g/mol. The van der Waals surface area contributed by atoms with E-state index in [0.717, 1.165) is 26.1 Å². The molecule has 0 aliphatic carbocycles. The highest BCUT2D eigenvalue weighted by molar-refractivity contribution is 5.68. The molecule has 0 aromatic heterocycles. The molecule has 0 spiro atoms. The van der Waals surface area contributed by atoms with Gasteiger partial charge in [-0.05, 0) is 51.7 Å². The maximum atomic E-state index is 11.3. The van der Waals surface area contributed by atoms with E-state index in [1.54, 1.807) is 0 Å². The summed E-state index contributed by atoms with van der Waals surface area (Å²) < 4.78 is 0. The number of carboxylic acids is 1. The van der Waals surface area contributed by atoms with Crippen molar-refractivity contribution >= 4 is 5.97 Å². The van der Waals surface area contributed by atoms with Crippen LogP contribution in [0.5, 0.6) is 0 Å². The van der Waals surface area contributed by atoms with E-state index in [2.05, 4.69) is 9.80 Å². The van der Waals surface area contributed by atoms with Crippen molar-refractivity contribution < 1.29 is 9.90 Å². The molecule has 2 unspecified atom stereocenters. The van der Waals surface area contributed by atoms with Crippen LogP contribution in [0.2, 0.25) is 0 Å². The van der Waals surface area contributed by atoms with Crippen LogP contribution >= 0.6 is 0 Å². The van der Waals surface area contributed by atoms with Gasteiger partial charge in [0.25, 0.3) is 0 Å². The minimum Gasteiger partial charge on any atom is -0.481 e. The first-order chi connectivity index (χ1) is 8.72. The first-order valence-corrected chi connectivity index (χ1v) is 7.43. The summed E-state index contributed by atoms with van der Waals surface area (Å²) in [5.74, 6) is -0.616. The third-order valence-electron chi connectivity index (χ3n) is 5.26. The summed E-state index contributed by atoms with van der Waals surface area (Å²) in [6.45, 7) is 4.50. The Morgan fingerprint density at radius 2 is 1.83 bits per heavy atom. The van der Waals surface area contributed by atoms with E-state index in [-0.39, 0.29) is 5.54 Å². The lowest BCUT2D eigenvalue weighted by molar-refractivity contribution is -0.141. The van der Waals surface area contributed by atoms with Gasteiger partial charge in [-0.1, -0.05) is 6.42 Å². The van der Waals surface area contributed by atoms with Crippen LogP contribution in [0.1, 0.15) is 44.9 Å². The second kappa shape index (κ2) is 4.82. The fourth-order valence-electron chi connectivity index (χ4n) is 4.48. The average Bonchev–Trinajstić information content (AvgIpc) is 2.97. The molecular formula is C14H24N2O2. The zero-order valence-electron chi connectivity index (χ0n) is 11.1. The minimum atomic E-state index is -0.616. The smallest absolute Gasteiger partial charge is 0.305 e. The van der Waals surface area contributed by atoms with Gasteiger partial charge < -0.3 is 5.11 Å². The lowest BCUT2D eigenvalue weighted by Gasteiger charge is -2.45. The van der Waals surface area contributed by atoms with Gasteiger partial charge in [-0.25, -0.2) is 0 Å². The molecule has 3 aliphatic heterocycles. The largest absolute Gasteiger partial charge is 0.481 e. The van der Waals surface area contributed by atoms with E-state index in [4.69, 9.17) is 0 Å². The number of aliphatic carboxylic acids is 1. The molecule has 0 bridgehead atoms. The normalized spacial score (nSPS) is 37.9. The molecule has 0 saturated carbocycles. The van der Waals surface area contributed by atoms with Crippen molar-refractivity contribution in [3.63, 3.8) is 0 Å². The molecule has 3 heterocycles. The first kappa shape index (κ1) is 12.4. The topological polar surface area (TPSA) is 43.8 Å². The SMILES string of the molecule is O=C(O)CC1(N2CCCC2)CCN2CCCCC21. The van der Waals surface area contributed by atoms with E-state index < -0.39 is 5.97 Å². The van der Waals surface area contributed by atoms with E-state index in [1.165, 1.54) is 38.6 Å². The van der Waals surface area contributed by atoms with Crippen LogP contribution in [0.4, 0.5) is 0 Å². The Morgan fingerprint density at radius 3 is 2.56 bits per heavy atom. The van der Waals surface area contributed by atoms with Crippen molar-refractivity contribution in [2.45, 2.75) is 56.5 Å². The number of nitrogens with zero attached hydrogens (tertiary/aromatic N) is 2. The summed E-state index contributed by atoms with van der Waals surface area (Å²) in [6.07, 6.45) is 7.65. The van der Waals surface area contributed by atoms with Gasteiger partial charge in [0.2, 0.25) is 0 Å². The molecule has 0 aromatic rings. The predicted octanol–water partition coefficient (Wildman–Crippen LogP) is 1.55. The molecule has 0 aromatic carbocycles. The van der Waals surface area contributed by atoms with Crippen LogP contribution in [-0.4, -0.2) is 58.6 Å². The predicted molar refractivity (Wildman–Crippen MR) is 69.6 cm³/mol. The maximum absolute atomic E-state index is 11.3. The Morgan fingerprint density at radius 1 is 1.11 bits per heavy atom. The molecule has 4 heteroatoms. The molecule has 18 heavy (non-hydrogen) atoms. The number of likely N-dealkylation sites (tertiary alicyclic amines) is 1. The number of carboxylic acid groups (broad SMARTS) is 1. The van der Waals surface area contributed by atoms with Gasteiger partial charge in [0, 0.05) is 18.1 Å². The van der Waals surface area contributed by atoms with Crippen LogP contribution in [-0.2, 0) is 4.79 Å². The Labute approximate surface area is 109 Å². The van der Waals surface area contributed by atoms with Gasteiger partial charge in [-0.3, -0.25) is 14.6 Å². The molecule has 4 nitrogen and oxygen atoms in total. The number of hydrogen-bond donors (Lipinski definition) is 1. The zero-order valence-corrected chi connectivity index (χ0v) is 11.1. The summed E-state index contributed by atoms with van der Waals surface area (Å²) in [5.41, 5.74) is -0.0528. The zero-order chi connectivity index (χ0) is 12.6. The highest BCUT2D eigenvalue weighted by Gasteiger charge is 2.52. The van der Waals surface area contributed by atoms with Crippen molar-refractivity contribution in [2.24, 2.45) is 0 Å². The molecule has 102 valence electrons. The van der Waals surface area contributed by atoms with Crippen molar-refractivity contribution in [2.75, 3.05) is 26.2 Å². The number of carbonyl (C=O) groups is 1. The maximum Gasteiger partial charge on any atom is 0.305 e. The molecule has 2 atom stereocenters. The van der Waals surface area contributed by atoms with E-state index >= 15 is 0 Å². The van der Waals surface area contributed by atoms with Crippen molar-refractivity contribution in [3.05, 3.63) is 0 Å². The van der Waals surface area contributed by atoms with Crippen LogP contribution in [0.3, 0.4) is 0 Å². The van der Waals surface area contributed by atoms with Crippen LogP contribution in [0.15, 0.2) is 0 Å². The van der Waals surface area contributed by atoms with Crippen LogP contribution < -0.4 is 0 Å². The Hall–Kier alpha value is -0.610. The third-order valence-corrected chi connectivity index (χ3v) is 5.26. The summed E-state index contributed by atoms with van der Waals surface area (Å²) >= 11 is 0. The van der Waals surface area contributed by atoms with E-state index in [9.17, 15) is 9.90 Å². The summed E-state index contributed by atoms with van der Waals surface area (Å²) in [6, 6.07) is 0.500. The lowest BCUT2D eigenvalue weighted by Crippen LogP contribution is -2.57. The van der Waals surface area contributed by atoms with Gasteiger partial charge in [0.1, 0.15) is 0 Å². The van der Waals surface area contributed by atoms with Crippen molar-refractivity contribution in [1.82, 2.24) is 9.80 Å². The van der Waals surface area contributed by atoms with Crippen molar-refractivity contribution in [3.8, 4) is 0 Å². The number of fused-ring (bicyclic) bond motifs is 1. The Bertz CT molecular complexity index is 328. The minimum absolute atomic E-state index is 0.0528. The summed E-state index contributed by atoms with van der Waals surface area (Å²) in [5, 5.41) is 9.34. The fourth-order valence-corrected chi connectivity index (χ4v) is 4.48. The molecule has 3 aliphatic rings. The van der Waals surface area contributed by atoms with Crippen LogP contribution in [0.25, 0.3) is 0 Å². The molecule has 3 fully saturated rings. The van der Waals surface area contributed by atoms with E-state index in [0.29, 0.717) is 12.5 Å². The molecular weight excluding hydrogens is 228 g/mol. The highest BCUT2D eigenvalue weighted by atomic mass is 16.4. The Kier molecular flexibility index (Phi) is 3.32. The second-order valence-corrected chi connectivity index (χ2v) is 6.17. The fraction of sp³-hybridized carbons (Fsp3) is 0.929. The van der Waals surface area contributed by atoms with Gasteiger partial charge in [0.15, 0.2) is 0 Å². The molecule has 3 saturated heterocycles. The lowest BCUT2D eigenvalue weighted by atomic mass is 9.81. The molecule has 0 radical (unpaired) electrons. The Balaban J connectivity index is 1.86.